The molecular weight excluding hydrogens is 256 g/mol. The van der Waals surface area contributed by atoms with Gasteiger partial charge in [0, 0.05) is 19.3 Å². The van der Waals surface area contributed by atoms with Gasteiger partial charge in [0.05, 0.1) is 6.04 Å². The molecule has 1 saturated heterocycles. The van der Waals surface area contributed by atoms with Crippen LogP contribution in [0.4, 0.5) is 6.01 Å². The molecule has 2 N–H and O–H groups in total. The summed E-state index contributed by atoms with van der Waals surface area (Å²) in [4.78, 5) is 0. The van der Waals surface area contributed by atoms with Gasteiger partial charge in [-0.1, -0.05) is 12.0 Å². The lowest BCUT2D eigenvalue weighted by molar-refractivity contribution is 0.0620. The van der Waals surface area contributed by atoms with E-state index >= 15 is 0 Å². The average molecular weight is 282 g/mol. The fraction of sp³-hybridized carbons (Fsp3) is 0.857. The predicted octanol–water partition coefficient (Wildman–Crippen LogP) is 2.36. The van der Waals surface area contributed by atoms with E-state index in [0.29, 0.717) is 23.9 Å². The third kappa shape index (κ3) is 4.18. The van der Waals surface area contributed by atoms with E-state index in [1.54, 1.807) is 0 Å². The number of hydrogen-bond acceptors (Lipinski definition) is 6. The molecule has 0 radical (unpaired) electrons. The van der Waals surface area contributed by atoms with Crippen LogP contribution in [0.25, 0.3) is 0 Å². The van der Waals surface area contributed by atoms with Gasteiger partial charge in [-0.2, -0.15) is 0 Å². The Morgan fingerprint density at radius 1 is 1.25 bits per heavy atom. The molecule has 0 aliphatic carbocycles. The minimum atomic E-state index is 0.0939. The molecule has 2 rings (SSSR count). The van der Waals surface area contributed by atoms with Gasteiger partial charge in [0.25, 0.3) is 0 Å². The fourth-order valence-corrected chi connectivity index (χ4v) is 2.44. The van der Waals surface area contributed by atoms with Crippen molar-refractivity contribution < 1.29 is 9.15 Å². The van der Waals surface area contributed by atoms with Crippen LogP contribution in [0.3, 0.4) is 0 Å². The van der Waals surface area contributed by atoms with Gasteiger partial charge < -0.3 is 19.8 Å². The number of aromatic nitrogens is 2. The molecular formula is C14H26N4O2. The molecule has 0 bridgehead atoms. The fourth-order valence-electron chi connectivity index (χ4n) is 2.44. The molecule has 1 aliphatic heterocycles. The van der Waals surface area contributed by atoms with Crippen molar-refractivity contribution in [3.8, 4) is 0 Å². The first-order chi connectivity index (χ1) is 9.70. The minimum absolute atomic E-state index is 0.0939. The van der Waals surface area contributed by atoms with Gasteiger partial charge in [-0.25, -0.2) is 0 Å². The van der Waals surface area contributed by atoms with Crippen molar-refractivity contribution in [1.82, 2.24) is 15.5 Å². The zero-order valence-electron chi connectivity index (χ0n) is 12.7. The van der Waals surface area contributed by atoms with Crippen LogP contribution in [-0.2, 0) is 4.74 Å². The van der Waals surface area contributed by atoms with Gasteiger partial charge in [0.15, 0.2) is 0 Å². The highest BCUT2D eigenvalue weighted by atomic mass is 16.5. The summed E-state index contributed by atoms with van der Waals surface area (Å²) >= 11 is 0. The van der Waals surface area contributed by atoms with Crippen LogP contribution in [0.5, 0.6) is 0 Å². The second-order valence-electron chi connectivity index (χ2n) is 5.50. The minimum Gasteiger partial charge on any atom is -0.406 e. The largest absolute Gasteiger partial charge is 0.406 e. The van der Waals surface area contributed by atoms with Crippen molar-refractivity contribution in [2.75, 3.05) is 25.1 Å². The van der Waals surface area contributed by atoms with Gasteiger partial charge in [0.1, 0.15) is 0 Å². The summed E-state index contributed by atoms with van der Waals surface area (Å²) in [6.45, 7) is 8.99. The van der Waals surface area contributed by atoms with E-state index in [1.807, 2.05) is 6.92 Å². The third-order valence-corrected chi connectivity index (χ3v) is 3.84. The molecule has 20 heavy (non-hydrogen) atoms. The molecule has 2 heterocycles. The number of nitrogens with one attached hydrogen (secondary N) is 2. The maximum Gasteiger partial charge on any atom is 0.315 e. The Labute approximate surface area is 120 Å². The average Bonchev–Trinajstić information content (AvgIpc) is 2.94. The maximum atomic E-state index is 5.68. The summed E-state index contributed by atoms with van der Waals surface area (Å²) in [5.41, 5.74) is 0. The van der Waals surface area contributed by atoms with E-state index < -0.39 is 0 Å². The number of anilines is 1. The number of ether oxygens (including phenoxy) is 1. The first-order valence-corrected chi connectivity index (χ1v) is 7.61. The number of nitrogens with zero attached hydrogens (tertiary/aromatic N) is 2. The Bertz CT molecular complexity index is 390. The quantitative estimate of drug-likeness (QED) is 0.800. The van der Waals surface area contributed by atoms with Crippen molar-refractivity contribution in [3.05, 3.63) is 5.89 Å². The molecule has 2 unspecified atom stereocenters. The lowest BCUT2D eigenvalue weighted by atomic mass is 9.93. The Balaban J connectivity index is 1.85. The SMILES string of the molecule is CCCNC(C)c1nnc(NC(C)C2CCOCC2)o1. The Morgan fingerprint density at radius 2 is 2.00 bits per heavy atom. The lowest BCUT2D eigenvalue weighted by Gasteiger charge is -2.27. The van der Waals surface area contributed by atoms with E-state index in [0.717, 1.165) is 39.0 Å². The predicted molar refractivity (Wildman–Crippen MR) is 77.6 cm³/mol. The zero-order valence-corrected chi connectivity index (χ0v) is 12.7. The highest BCUT2D eigenvalue weighted by Gasteiger charge is 2.22. The van der Waals surface area contributed by atoms with Crippen LogP contribution in [0.2, 0.25) is 0 Å². The molecule has 2 atom stereocenters. The molecule has 6 nitrogen and oxygen atoms in total. The van der Waals surface area contributed by atoms with Gasteiger partial charge in [-0.05, 0) is 45.6 Å². The molecule has 0 amide bonds. The van der Waals surface area contributed by atoms with Crippen molar-refractivity contribution in [3.63, 3.8) is 0 Å². The highest BCUT2D eigenvalue weighted by Crippen LogP contribution is 2.22. The van der Waals surface area contributed by atoms with E-state index in [1.165, 1.54) is 0 Å². The van der Waals surface area contributed by atoms with Gasteiger partial charge in [-0.15, -0.1) is 5.10 Å². The standard InChI is InChI=1S/C14H26N4O2/c1-4-7-15-11(3)13-17-18-14(20-13)16-10(2)12-5-8-19-9-6-12/h10-12,15H,4-9H2,1-3H3,(H,16,18). The van der Waals surface area contributed by atoms with Crippen LogP contribution in [0, 0.1) is 5.92 Å². The molecule has 0 saturated carbocycles. The van der Waals surface area contributed by atoms with Crippen molar-refractivity contribution in [2.45, 2.75) is 52.1 Å². The van der Waals surface area contributed by atoms with Crippen molar-refractivity contribution >= 4 is 6.01 Å². The second kappa shape index (κ2) is 7.59. The molecule has 0 spiro atoms. The summed E-state index contributed by atoms with van der Waals surface area (Å²) in [5, 5.41) is 14.8. The van der Waals surface area contributed by atoms with Crippen LogP contribution in [0.1, 0.15) is 52.0 Å². The first kappa shape index (κ1) is 15.3. The molecule has 1 aromatic heterocycles. The maximum absolute atomic E-state index is 5.68. The van der Waals surface area contributed by atoms with Gasteiger partial charge in [-0.3, -0.25) is 0 Å². The Morgan fingerprint density at radius 3 is 2.70 bits per heavy atom. The molecule has 114 valence electrons. The lowest BCUT2D eigenvalue weighted by Crippen LogP contribution is -2.31. The summed E-state index contributed by atoms with van der Waals surface area (Å²) < 4.78 is 11.1. The summed E-state index contributed by atoms with van der Waals surface area (Å²) in [6, 6.07) is 0.937. The third-order valence-electron chi connectivity index (χ3n) is 3.84. The molecule has 0 aromatic carbocycles. The van der Waals surface area contributed by atoms with Crippen LogP contribution in [0.15, 0.2) is 4.42 Å². The first-order valence-electron chi connectivity index (χ1n) is 7.61. The van der Waals surface area contributed by atoms with Crippen molar-refractivity contribution in [1.29, 1.82) is 0 Å². The van der Waals surface area contributed by atoms with Crippen LogP contribution in [-0.4, -0.2) is 36.0 Å². The van der Waals surface area contributed by atoms with Gasteiger partial charge in [0.2, 0.25) is 5.89 Å². The summed E-state index contributed by atoms with van der Waals surface area (Å²) in [7, 11) is 0. The zero-order chi connectivity index (χ0) is 14.4. The smallest absolute Gasteiger partial charge is 0.315 e. The summed E-state index contributed by atoms with van der Waals surface area (Å²) in [6.07, 6.45) is 3.26. The monoisotopic (exact) mass is 282 g/mol. The van der Waals surface area contributed by atoms with E-state index in [9.17, 15) is 0 Å². The van der Waals surface area contributed by atoms with E-state index in [2.05, 4.69) is 34.7 Å². The highest BCUT2D eigenvalue weighted by molar-refractivity contribution is 5.20. The normalized spacial score (nSPS) is 19.8. The van der Waals surface area contributed by atoms with E-state index in [-0.39, 0.29) is 6.04 Å². The molecule has 1 aliphatic rings. The van der Waals surface area contributed by atoms with Crippen LogP contribution >= 0.6 is 0 Å². The van der Waals surface area contributed by atoms with Crippen molar-refractivity contribution in [2.24, 2.45) is 5.92 Å². The van der Waals surface area contributed by atoms with Gasteiger partial charge >= 0.3 is 6.01 Å². The molecule has 1 fully saturated rings. The summed E-state index contributed by atoms with van der Waals surface area (Å²) in [5.74, 6) is 1.25. The molecule has 1 aromatic rings. The number of rotatable bonds is 7. The van der Waals surface area contributed by atoms with Crippen LogP contribution < -0.4 is 10.6 Å². The van der Waals surface area contributed by atoms with E-state index in [4.69, 9.17) is 9.15 Å². The molecule has 6 heteroatoms. The number of hydrogen-bond donors (Lipinski definition) is 2. The Hall–Kier alpha value is -1.14. The Kier molecular flexibility index (Phi) is 5.79. The topological polar surface area (TPSA) is 72.2 Å². The second-order valence-corrected chi connectivity index (χ2v) is 5.50.